The van der Waals surface area contributed by atoms with Gasteiger partial charge in [-0.25, -0.2) is 22.5 Å². The summed E-state index contributed by atoms with van der Waals surface area (Å²) in [6.07, 6.45) is 1.01. The van der Waals surface area contributed by atoms with Crippen molar-refractivity contribution in [3.63, 3.8) is 0 Å². The van der Waals surface area contributed by atoms with E-state index in [9.17, 15) is 12.8 Å². The van der Waals surface area contributed by atoms with Crippen LogP contribution in [0.4, 0.5) is 33.2 Å². The van der Waals surface area contributed by atoms with E-state index in [2.05, 4.69) is 30.2 Å². The predicted octanol–water partition coefficient (Wildman–Crippen LogP) is 3.25. The van der Waals surface area contributed by atoms with Crippen molar-refractivity contribution in [3.05, 3.63) is 54.5 Å². The Hall–Kier alpha value is -3.48. The molecule has 1 aromatic heterocycles. The van der Waals surface area contributed by atoms with Gasteiger partial charge in [0, 0.05) is 24.8 Å². The zero-order chi connectivity index (χ0) is 24.8. The van der Waals surface area contributed by atoms with Crippen molar-refractivity contribution in [1.82, 2.24) is 14.7 Å². The number of hydrogen-bond donors (Lipinski definition) is 3. The van der Waals surface area contributed by atoms with Crippen LogP contribution < -0.4 is 25.0 Å². The van der Waals surface area contributed by atoms with E-state index in [-0.39, 0.29) is 22.3 Å². The molecule has 186 valence electrons. The first-order chi connectivity index (χ1) is 16.9. The Balaban J connectivity index is 1.60. The maximum Gasteiger partial charge on any atom is 0.242 e. The van der Waals surface area contributed by atoms with Gasteiger partial charge in [0.2, 0.25) is 16.0 Å². The average Bonchev–Trinajstić information content (AvgIpc) is 2.88. The first-order valence-electron chi connectivity index (χ1n) is 11.1. The lowest BCUT2D eigenvalue weighted by molar-refractivity contribution is 0.122. The number of sulfonamides is 1. The maximum atomic E-state index is 14.5. The lowest BCUT2D eigenvalue weighted by Gasteiger charge is -2.29. The van der Waals surface area contributed by atoms with Crippen molar-refractivity contribution in [3.8, 4) is 5.75 Å². The topological polar surface area (TPSA) is 118 Å². The summed E-state index contributed by atoms with van der Waals surface area (Å²) in [5.41, 5.74) is 1.79. The molecule has 0 saturated carbocycles. The second-order valence-corrected chi connectivity index (χ2v) is 9.41. The summed E-state index contributed by atoms with van der Waals surface area (Å²) >= 11 is 0. The minimum absolute atomic E-state index is 0.0349. The summed E-state index contributed by atoms with van der Waals surface area (Å²) in [5.74, 6) is -0.198. The molecular formula is C23H27FN6O4S. The first kappa shape index (κ1) is 24.6. The van der Waals surface area contributed by atoms with Crippen LogP contribution in [0.15, 0.2) is 53.6 Å². The molecule has 10 nitrogen and oxygen atoms in total. The molecule has 12 heteroatoms. The minimum Gasteiger partial charge on any atom is -0.492 e. The monoisotopic (exact) mass is 502 g/mol. The molecule has 0 unspecified atom stereocenters. The van der Waals surface area contributed by atoms with Crippen LogP contribution in [0.2, 0.25) is 0 Å². The summed E-state index contributed by atoms with van der Waals surface area (Å²) < 4.78 is 52.7. The van der Waals surface area contributed by atoms with E-state index in [1.165, 1.54) is 19.2 Å². The number of para-hydroxylation sites is 1. The molecule has 0 radical (unpaired) electrons. The average molecular weight is 503 g/mol. The smallest absolute Gasteiger partial charge is 0.242 e. The molecule has 1 aliphatic rings. The second-order valence-electron chi connectivity index (χ2n) is 7.56. The molecule has 4 rings (SSSR count). The summed E-state index contributed by atoms with van der Waals surface area (Å²) in [6, 6.07) is 11.9. The molecule has 0 aliphatic carbocycles. The van der Waals surface area contributed by atoms with Gasteiger partial charge < -0.3 is 25.0 Å². The van der Waals surface area contributed by atoms with Gasteiger partial charge in [-0.2, -0.15) is 4.98 Å². The molecule has 0 atom stereocenters. The van der Waals surface area contributed by atoms with E-state index in [1.54, 1.807) is 12.1 Å². The molecule has 1 fully saturated rings. The molecule has 3 N–H and O–H groups in total. The molecule has 0 spiro atoms. The fraction of sp³-hybridized carbons (Fsp3) is 0.304. The molecule has 3 aromatic rings. The highest BCUT2D eigenvalue weighted by Crippen LogP contribution is 2.33. The van der Waals surface area contributed by atoms with E-state index in [4.69, 9.17) is 9.47 Å². The zero-order valence-electron chi connectivity index (χ0n) is 19.4. The highest BCUT2D eigenvalue weighted by atomic mass is 32.2. The van der Waals surface area contributed by atoms with Crippen molar-refractivity contribution >= 4 is 38.9 Å². The number of nitrogens with zero attached hydrogens (tertiary/aromatic N) is 3. The van der Waals surface area contributed by atoms with Gasteiger partial charge in [0.1, 0.15) is 10.6 Å². The number of ether oxygens (including phenoxy) is 2. The van der Waals surface area contributed by atoms with Crippen LogP contribution in [-0.2, 0) is 14.8 Å². The van der Waals surface area contributed by atoms with Crippen LogP contribution in [0.3, 0.4) is 0 Å². The van der Waals surface area contributed by atoms with Crippen molar-refractivity contribution < 1.29 is 22.3 Å². The van der Waals surface area contributed by atoms with Gasteiger partial charge in [-0.3, -0.25) is 0 Å². The van der Waals surface area contributed by atoms with Gasteiger partial charge in [0.05, 0.1) is 37.4 Å². The fourth-order valence-corrected chi connectivity index (χ4v) is 4.47. The number of nitrogens with one attached hydrogen (secondary N) is 3. The Morgan fingerprint density at radius 3 is 2.63 bits per heavy atom. The predicted molar refractivity (Wildman–Crippen MR) is 132 cm³/mol. The Kier molecular flexibility index (Phi) is 7.63. The first-order valence-corrected chi connectivity index (χ1v) is 12.6. The number of hydrogen-bond acceptors (Lipinski definition) is 9. The third-order valence-corrected chi connectivity index (χ3v) is 6.80. The lowest BCUT2D eigenvalue weighted by atomic mass is 10.2. The van der Waals surface area contributed by atoms with E-state index in [0.717, 1.165) is 25.0 Å². The van der Waals surface area contributed by atoms with Crippen LogP contribution in [0, 0.1) is 5.82 Å². The quantitative estimate of drug-likeness (QED) is 0.405. The normalized spacial score (nSPS) is 14.0. The molecule has 0 bridgehead atoms. The van der Waals surface area contributed by atoms with Gasteiger partial charge in [-0.05, 0) is 38.2 Å². The molecule has 1 aliphatic heterocycles. The van der Waals surface area contributed by atoms with Gasteiger partial charge in [-0.1, -0.05) is 12.1 Å². The van der Waals surface area contributed by atoms with Gasteiger partial charge in [-0.15, -0.1) is 0 Å². The Bertz CT molecular complexity index is 1280. The number of rotatable bonds is 9. The molecular weight excluding hydrogens is 475 g/mol. The van der Waals surface area contributed by atoms with Crippen molar-refractivity contribution in [1.29, 1.82) is 0 Å². The summed E-state index contributed by atoms with van der Waals surface area (Å²) in [5, 5.41) is 5.83. The van der Waals surface area contributed by atoms with Crippen LogP contribution in [0.5, 0.6) is 5.75 Å². The molecule has 0 amide bonds. The number of morpholine rings is 1. The van der Waals surface area contributed by atoms with Crippen molar-refractivity contribution in [2.45, 2.75) is 11.8 Å². The largest absolute Gasteiger partial charge is 0.492 e. The Morgan fingerprint density at radius 1 is 1.11 bits per heavy atom. The number of anilines is 5. The lowest BCUT2D eigenvalue weighted by Crippen LogP contribution is -2.36. The fourth-order valence-electron chi connectivity index (χ4n) is 3.58. The highest BCUT2D eigenvalue weighted by molar-refractivity contribution is 7.89. The summed E-state index contributed by atoms with van der Waals surface area (Å²) in [7, 11) is -2.46. The Morgan fingerprint density at radius 2 is 1.89 bits per heavy atom. The minimum atomic E-state index is -3.77. The van der Waals surface area contributed by atoms with E-state index >= 15 is 0 Å². The van der Waals surface area contributed by atoms with Crippen LogP contribution in [0.1, 0.15) is 6.92 Å². The number of benzene rings is 2. The SMILES string of the molecule is CCOc1cc(N2CCOCC2)ccc1Nc1ncc(F)c(Nc2ccccc2S(=O)(=O)NC)n1. The van der Waals surface area contributed by atoms with Crippen LogP contribution >= 0.6 is 0 Å². The van der Waals surface area contributed by atoms with Gasteiger partial charge in [0.25, 0.3) is 0 Å². The second kappa shape index (κ2) is 10.8. The zero-order valence-corrected chi connectivity index (χ0v) is 20.2. The van der Waals surface area contributed by atoms with E-state index < -0.39 is 15.8 Å². The summed E-state index contributed by atoms with van der Waals surface area (Å²) in [4.78, 5) is 10.4. The number of halogens is 1. The maximum absolute atomic E-state index is 14.5. The van der Waals surface area contributed by atoms with Crippen molar-refractivity contribution in [2.75, 3.05) is 55.5 Å². The number of aromatic nitrogens is 2. The van der Waals surface area contributed by atoms with E-state index in [1.807, 2.05) is 25.1 Å². The molecule has 35 heavy (non-hydrogen) atoms. The standard InChI is InChI=1S/C23H27FN6O4S/c1-3-34-20-14-16(30-10-12-33-13-11-30)8-9-18(20)28-23-26-15-17(24)22(29-23)27-19-6-4-5-7-21(19)35(31,32)25-2/h4-9,14-15,25H,3,10-13H2,1-2H3,(H2,26,27,28,29). The third-order valence-electron chi connectivity index (χ3n) is 5.33. The van der Waals surface area contributed by atoms with Gasteiger partial charge in [0.15, 0.2) is 11.6 Å². The van der Waals surface area contributed by atoms with Gasteiger partial charge >= 0.3 is 0 Å². The Labute approximate surface area is 203 Å². The van der Waals surface area contributed by atoms with Crippen LogP contribution in [0.25, 0.3) is 0 Å². The molecule has 1 saturated heterocycles. The molecule has 2 heterocycles. The van der Waals surface area contributed by atoms with Crippen LogP contribution in [-0.4, -0.2) is 58.3 Å². The van der Waals surface area contributed by atoms with E-state index in [0.29, 0.717) is 31.3 Å². The van der Waals surface area contributed by atoms with Crippen molar-refractivity contribution in [2.24, 2.45) is 0 Å². The molecule has 2 aromatic carbocycles. The summed E-state index contributed by atoms with van der Waals surface area (Å²) in [6.45, 7) is 5.26. The third kappa shape index (κ3) is 5.78. The highest BCUT2D eigenvalue weighted by Gasteiger charge is 2.19.